The van der Waals surface area contributed by atoms with Gasteiger partial charge in [0.15, 0.2) is 0 Å². The third-order valence-electron chi connectivity index (χ3n) is 4.98. The van der Waals surface area contributed by atoms with Crippen molar-refractivity contribution in [3.05, 3.63) is 63.6 Å². The van der Waals surface area contributed by atoms with Crippen molar-refractivity contribution in [2.24, 2.45) is 0 Å². The van der Waals surface area contributed by atoms with Crippen molar-refractivity contribution in [3.63, 3.8) is 0 Å². The number of hydrogen-bond acceptors (Lipinski definition) is 4. The topological polar surface area (TPSA) is 75.7 Å². The highest BCUT2D eigenvalue weighted by Gasteiger charge is 2.21. The van der Waals surface area contributed by atoms with Crippen LogP contribution in [0.4, 0.5) is 5.69 Å². The number of rotatable bonds is 7. The summed E-state index contributed by atoms with van der Waals surface area (Å²) in [6, 6.07) is 12.3. The van der Waals surface area contributed by atoms with E-state index in [0.29, 0.717) is 40.7 Å². The highest BCUT2D eigenvalue weighted by atomic mass is 79.9. The predicted octanol–water partition coefficient (Wildman–Crippen LogP) is 4.43. The number of likely N-dealkylation sites (tertiary alicyclic amines) is 1. The second-order valence-corrected chi connectivity index (χ2v) is 8.01. The summed E-state index contributed by atoms with van der Waals surface area (Å²) in [5.74, 6) is -0.447. The minimum absolute atomic E-state index is 0.0171. The van der Waals surface area contributed by atoms with E-state index < -0.39 is 0 Å². The van der Waals surface area contributed by atoms with Crippen LogP contribution in [0.5, 0.6) is 0 Å². The predicted molar refractivity (Wildman–Crippen MR) is 119 cm³/mol. The first-order chi connectivity index (χ1) is 14.5. The number of benzene rings is 2. The van der Waals surface area contributed by atoms with Gasteiger partial charge in [-0.2, -0.15) is 0 Å². The van der Waals surface area contributed by atoms with Crippen LogP contribution in [0.25, 0.3) is 0 Å². The molecule has 7 heteroatoms. The largest absolute Gasteiger partial charge is 0.462 e. The molecule has 1 fully saturated rings. The number of hydrogen-bond donors (Lipinski definition) is 1. The van der Waals surface area contributed by atoms with E-state index in [1.807, 2.05) is 17.0 Å². The number of ether oxygens (including phenoxy) is 1. The number of nitrogens with one attached hydrogen (secondary N) is 1. The van der Waals surface area contributed by atoms with Crippen LogP contribution < -0.4 is 5.32 Å². The fourth-order valence-corrected chi connectivity index (χ4v) is 3.91. The number of amides is 2. The maximum absolute atomic E-state index is 12.5. The Hall–Kier alpha value is -2.67. The molecular formula is C23H25BrN2O4. The second-order valence-electron chi connectivity index (χ2n) is 7.16. The lowest BCUT2D eigenvalue weighted by Gasteiger charge is -2.16. The van der Waals surface area contributed by atoms with Gasteiger partial charge in [0.1, 0.15) is 0 Å². The average molecular weight is 473 g/mol. The van der Waals surface area contributed by atoms with Gasteiger partial charge in [-0.05, 0) is 78.0 Å². The molecule has 0 spiro atoms. The molecule has 6 nitrogen and oxygen atoms in total. The molecule has 1 aliphatic rings. The Morgan fingerprint density at radius 3 is 2.40 bits per heavy atom. The van der Waals surface area contributed by atoms with Gasteiger partial charge >= 0.3 is 5.97 Å². The maximum atomic E-state index is 12.5. The first-order valence-corrected chi connectivity index (χ1v) is 10.9. The Bertz CT molecular complexity index is 921. The first kappa shape index (κ1) is 22.0. The summed E-state index contributed by atoms with van der Waals surface area (Å²) in [5, 5.41) is 2.87. The van der Waals surface area contributed by atoms with Crippen LogP contribution in [-0.2, 0) is 16.0 Å². The Kier molecular flexibility index (Phi) is 7.63. The molecule has 0 saturated carbocycles. The van der Waals surface area contributed by atoms with E-state index >= 15 is 0 Å². The van der Waals surface area contributed by atoms with E-state index in [2.05, 4.69) is 21.2 Å². The molecule has 0 atom stereocenters. The normalized spacial score (nSPS) is 13.2. The summed E-state index contributed by atoms with van der Waals surface area (Å²) in [6.45, 7) is 3.70. The fraction of sp³-hybridized carbons (Fsp3) is 0.348. The van der Waals surface area contributed by atoms with Crippen LogP contribution in [0, 0.1) is 0 Å². The monoisotopic (exact) mass is 472 g/mol. The lowest BCUT2D eigenvalue weighted by Crippen LogP contribution is -2.27. The summed E-state index contributed by atoms with van der Waals surface area (Å²) < 4.78 is 5.64. The lowest BCUT2D eigenvalue weighted by atomic mass is 10.1. The van der Waals surface area contributed by atoms with Crippen molar-refractivity contribution in [1.29, 1.82) is 0 Å². The van der Waals surface area contributed by atoms with Gasteiger partial charge in [-0.3, -0.25) is 9.59 Å². The van der Waals surface area contributed by atoms with Crippen LogP contribution in [0.1, 0.15) is 52.5 Å². The zero-order valence-electron chi connectivity index (χ0n) is 16.9. The summed E-state index contributed by atoms with van der Waals surface area (Å²) in [4.78, 5) is 38.4. The van der Waals surface area contributed by atoms with Crippen molar-refractivity contribution in [3.8, 4) is 0 Å². The van der Waals surface area contributed by atoms with Gasteiger partial charge in [-0.1, -0.05) is 12.1 Å². The summed E-state index contributed by atoms with van der Waals surface area (Å²) in [7, 11) is 0. The third kappa shape index (κ3) is 5.69. The molecule has 0 aromatic heterocycles. The molecular weight excluding hydrogens is 448 g/mol. The number of anilines is 1. The Balaban J connectivity index is 1.53. The average Bonchev–Trinajstić information content (AvgIpc) is 3.27. The van der Waals surface area contributed by atoms with Crippen LogP contribution in [0.3, 0.4) is 0 Å². The molecule has 1 N–H and O–H groups in total. The van der Waals surface area contributed by atoms with Crippen LogP contribution in [0.2, 0.25) is 0 Å². The third-order valence-corrected chi connectivity index (χ3v) is 5.64. The molecule has 30 heavy (non-hydrogen) atoms. The van der Waals surface area contributed by atoms with Gasteiger partial charge in [0.05, 0.1) is 17.7 Å². The van der Waals surface area contributed by atoms with Crippen molar-refractivity contribution in [2.45, 2.75) is 32.6 Å². The number of aryl methyl sites for hydroxylation is 1. The molecule has 3 rings (SSSR count). The van der Waals surface area contributed by atoms with E-state index in [-0.39, 0.29) is 17.8 Å². The summed E-state index contributed by atoms with van der Waals surface area (Å²) in [6.07, 6.45) is 2.96. The van der Waals surface area contributed by atoms with Gasteiger partial charge < -0.3 is 15.0 Å². The standard InChI is InChI=1S/C23H25BrN2O4/c1-2-30-23(29)17-8-5-16(6-9-17)7-12-21(27)25-18-10-11-19(20(24)15-18)22(28)26-13-3-4-14-26/h5-6,8-11,15H,2-4,7,12-14H2,1H3,(H,25,27). The highest BCUT2D eigenvalue weighted by Crippen LogP contribution is 2.24. The summed E-state index contributed by atoms with van der Waals surface area (Å²) in [5.41, 5.74) is 2.71. The molecule has 2 aromatic rings. The number of halogens is 1. The second kappa shape index (κ2) is 10.4. The lowest BCUT2D eigenvalue weighted by molar-refractivity contribution is -0.116. The summed E-state index contributed by atoms with van der Waals surface area (Å²) >= 11 is 3.45. The molecule has 1 heterocycles. The Labute approximate surface area is 184 Å². The van der Waals surface area contributed by atoms with Crippen molar-refractivity contribution in [1.82, 2.24) is 4.90 Å². The van der Waals surface area contributed by atoms with E-state index in [1.54, 1.807) is 37.3 Å². The molecule has 2 amide bonds. The zero-order valence-corrected chi connectivity index (χ0v) is 18.5. The molecule has 2 aromatic carbocycles. The van der Waals surface area contributed by atoms with Crippen LogP contribution in [0.15, 0.2) is 46.9 Å². The minimum Gasteiger partial charge on any atom is -0.462 e. The smallest absolute Gasteiger partial charge is 0.338 e. The van der Waals surface area contributed by atoms with Gasteiger partial charge in [0.25, 0.3) is 5.91 Å². The molecule has 0 radical (unpaired) electrons. The van der Waals surface area contributed by atoms with Crippen molar-refractivity contribution >= 4 is 39.4 Å². The van der Waals surface area contributed by atoms with Crippen LogP contribution >= 0.6 is 15.9 Å². The zero-order chi connectivity index (χ0) is 21.5. The highest BCUT2D eigenvalue weighted by molar-refractivity contribution is 9.10. The molecule has 0 unspecified atom stereocenters. The molecule has 0 aliphatic carbocycles. The van der Waals surface area contributed by atoms with Gasteiger partial charge in [0, 0.05) is 29.7 Å². The number of nitrogens with zero attached hydrogens (tertiary/aromatic N) is 1. The maximum Gasteiger partial charge on any atom is 0.338 e. The minimum atomic E-state index is -0.348. The van der Waals surface area contributed by atoms with E-state index in [4.69, 9.17) is 4.74 Å². The van der Waals surface area contributed by atoms with Crippen molar-refractivity contribution < 1.29 is 19.1 Å². The van der Waals surface area contributed by atoms with E-state index in [9.17, 15) is 14.4 Å². The van der Waals surface area contributed by atoms with Crippen molar-refractivity contribution in [2.75, 3.05) is 25.0 Å². The molecule has 0 bridgehead atoms. The van der Waals surface area contributed by atoms with E-state index in [0.717, 1.165) is 31.5 Å². The number of esters is 1. The fourth-order valence-electron chi connectivity index (χ4n) is 3.36. The molecule has 158 valence electrons. The Morgan fingerprint density at radius 2 is 1.77 bits per heavy atom. The number of carbonyl (C=O) groups excluding carboxylic acids is 3. The molecule has 1 aliphatic heterocycles. The van der Waals surface area contributed by atoms with E-state index in [1.165, 1.54) is 0 Å². The van der Waals surface area contributed by atoms with Gasteiger partial charge in [0.2, 0.25) is 5.91 Å². The molecule has 1 saturated heterocycles. The number of carbonyl (C=O) groups is 3. The Morgan fingerprint density at radius 1 is 1.07 bits per heavy atom. The van der Waals surface area contributed by atoms with Crippen LogP contribution in [-0.4, -0.2) is 42.4 Å². The van der Waals surface area contributed by atoms with Gasteiger partial charge in [-0.15, -0.1) is 0 Å². The quantitative estimate of drug-likeness (QED) is 0.604. The SMILES string of the molecule is CCOC(=O)c1ccc(CCC(=O)Nc2ccc(C(=O)N3CCCC3)c(Br)c2)cc1. The van der Waals surface area contributed by atoms with Gasteiger partial charge in [-0.25, -0.2) is 4.79 Å². The first-order valence-electron chi connectivity index (χ1n) is 10.1.